The Morgan fingerprint density at radius 1 is 1.00 bits per heavy atom. The fourth-order valence-electron chi connectivity index (χ4n) is 4.05. The van der Waals surface area contributed by atoms with E-state index in [1.54, 1.807) is 46.6 Å². The molecule has 0 N–H and O–H groups in total. The molecule has 2 aromatic carbocycles. The molecule has 1 aliphatic rings. The van der Waals surface area contributed by atoms with Crippen LogP contribution in [-0.4, -0.2) is 61.7 Å². The number of carbonyl (C=O) groups is 1. The number of amides is 1. The van der Waals surface area contributed by atoms with Crippen molar-refractivity contribution in [2.24, 2.45) is 0 Å². The highest BCUT2D eigenvalue weighted by Gasteiger charge is 2.32. The summed E-state index contributed by atoms with van der Waals surface area (Å²) in [6.45, 7) is 0.683. The molecule has 0 bridgehead atoms. The molecule has 4 rings (SSSR count). The van der Waals surface area contributed by atoms with Gasteiger partial charge >= 0.3 is 0 Å². The second kappa shape index (κ2) is 10.7. The average Bonchev–Trinajstić information content (AvgIpc) is 3.56. The predicted octanol–water partition coefficient (Wildman–Crippen LogP) is 4.23. The van der Waals surface area contributed by atoms with E-state index in [4.69, 9.17) is 23.4 Å². The fourth-order valence-corrected chi connectivity index (χ4v) is 4.70. The second-order valence-electron chi connectivity index (χ2n) is 7.58. The highest BCUT2D eigenvalue weighted by atomic mass is 32.2. The zero-order valence-corrected chi connectivity index (χ0v) is 20.4. The monoisotopic (exact) mass is 485 g/mol. The van der Waals surface area contributed by atoms with Crippen LogP contribution in [0.1, 0.15) is 24.4 Å². The maximum absolute atomic E-state index is 13.1. The van der Waals surface area contributed by atoms with Crippen molar-refractivity contribution in [3.05, 3.63) is 42.0 Å². The van der Waals surface area contributed by atoms with Gasteiger partial charge in [-0.05, 0) is 43.2 Å². The van der Waals surface area contributed by atoms with Crippen LogP contribution in [-0.2, 0) is 4.79 Å². The lowest BCUT2D eigenvalue weighted by Crippen LogP contribution is -2.32. The standard InChI is InChI=1S/C24H27N3O6S/c1-29-15-8-10-20(31-3)18(12-15)19-6-5-11-27(19)22(28)14-34-24-26-25-23(33-24)17-9-7-16(30-2)13-21(17)32-4/h7-10,12-13,19H,5-6,11,14H2,1-4H3/t19-/m0/s1. The summed E-state index contributed by atoms with van der Waals surface area (Å²) in [6.07, 6.45) is 1.78. The molecule has 1 amide bonds. The molecular weight excluding hydrogens is 458 g/mol. The average molecular weight is 486 g/mol. The smallest absolute Gasteiger partial charge is 0.277 e. The molecule has 0 aliphatic carbocycles. The Morgan fingerprint density at radius 2 is 1.74 bits per heavy atom. The number of benzene rings is 2. The maximum Gasteiger partial charge on any atom is 0.277 e. The van der Waals surface area contributed by atoms with E-state index in [-0.39, 0.29) is 17.7 Å². The van der Waals surface area contributed by atoms with E-state index in [1.165, 1.54) is 11.8 Å². The van der Waals surface area contributed by atoms with Crippen molar-refractivity contribution in [2.75, 3.05) is 40.7 Å². The van der Waals surface area contributed by atoms with E-state index in [1.807, 2.05) is 23.1 Å². The molecule has 0 unspecified atom stereocenters. The van der Waals surface area contributed by atoms with Gasteiger partial charge in [-0.1, -0.05) is 11.8 Å². The third-order valence-corrected chi connectivity index (χ3v) is 6.54. The molecule has 1 atom stereocenters. The van der Waals surface area contributed by atoms with E-state index in [0.29, 0.717) is 34.7 Å². The van der Waals surface area contributed by atoms with E-state index in [9.17, 15) is 4.79 Å². The SMILES string of the molecule is COc1ccc(-c2nnc(SCC(=O)N3CCC[C@H]3c3cc(OC)ccc3OC)o2)c(OC)c1. The van der Waals surface area contributed by atoms with Crippen LogP contribution in [0.25, 0.3) is 11.5 Å². The molecule has 2 heterocycles. The molecule has 1 aliphatic heterocycles. The summed E-state index contributed by atoms with van der Waals surface area (Å²) in [5.74, 6) is 3.19. The van der Waals surface area contributed by atoms with Crippen molar-refractivity contribution in [2.45, 2.75) is 24.1 Å². The van der Waals surface area contributed by atoms with E-state index in [0.717, 1.165) is 29.9 Å². The normalized spacial score (nSPS) is 15.3. The lowest BCUT2D eigenvalue weighted by Gasteiger charge is -2.26. The van der Waals surface area contributed by atoms with E-state index in [2.05, 4.69) is 10.2 Å². The summed E-state index contributed by atoms with van der Waals surface area (Å²) in [5.41, 5.74) is 1.60. The van der Waals surface area contributed by atoms with Gasteiger partial charge in [-0.2, -0.15) is 0 Å². The molecule has 9 nitrogen and oxygen atoms in total. The van der Waals surface area contributed by atoms with Crippen LogP contribution in [0.15, 0.2) is 46.0 Å². The Balaban J connectivity index is 1.45. The number of thioether (sulfide) groups is 1. The van der Waals surface area contributed by atoms with Crippen LogP contribution in [0.4, 0.5) is 0 Å². The third kappa shape index (κ3) is 4.91. The number of hydrogen-bond donors (Lipinski definition) is 0. The number of methoxy groups -OCH3 is 4. The van der Waals surface area contributed by atoms with Crippen LogP contribution in [0, 0.1) is 0 Å². The minimum Gasteiger partial charge on any atom is -0.497 e. The maximum atomic E-state index is 13.1. The summed E-state index contributed by atoms with van der Waals surface area (Å²) in [7, 11) is 6.40. The van der Waals surface area contributed by atoms with Crippen LogP contribution in [0.3, 0.4) is 0 Å². The number of ether oxygens (including phenoxy) is 4. The Kier molecular flexibility index (Phi) is 7.46. The molecule has 1 fully saturated rings. The van der Waals surface area contributed by atoms with Gasteiger partial charge in [-0.3, -0.25) is 4.79 Å². The van der Waals surface area contributed by atoms with E-state index < -0.39 is 0 Å². The Hall–Kier alpha value is -3.40. The summed E-state index contributed by atoms with van der Waals surface area (Å²) in [6, 6.07) is 10.9. The predicted molar refractivity (Wildman–Crippen MR) is 127 cm³/mol. The molecule has 0 spiro atoms. The number of carbonyl (C=O) groups excluding carboxylic acids is 1. The van der Waals surface area contributed by atoms with Crippen LogP contribution in [0.2, 0.25) is 0 Å². The number of aromatic nitrogens is 2. The molecule has 180 valence electrons. The number of hydrogen-bond acceptors (Lipinski definition) is 9. The van der Waals surface area contributed by atoms with Gasteiger partial charge in [0.05, 0.1) is 45.8 Å². The summed E-state index contributed by atoms with van der Waals surface area (Å²) < 4.78 is 27.3. The summed E-state index contributed by atoms with van der Waals surface area (Å²) in [5, 5.41) is 8.52. The van der Waals surface area contributed by atoms with Crippen LogP contribution < -0.4 is 18.9 Å². The first-order valence-corrected chi connectivity index (χ1v) is 11.8. The molecule has 34 heavy (non-hydrogen) atoms. The van der Waals surface area contributed by atoms with Crippen molar-refractivity contribution < 1.29 is 28.2 Å². The third-order valence-electron chi connectivity index (χ3n) is 5.73. The first-order valence-electron chi connectivity index (χ1n) is 10.8. The van der Waals surface area contributed by atoms with Crippen molar-refractivity contribution >= 4 is 17.7 Å². The van der Waals surface area contributed by atoms with Gasteiger partial charge in [-0.15, -0.1) is 10.2 Å². The van der Waals surface area contributed by atoms with Gasteiger partial charge in [0.2, 0.25) is 5.91 Å². The van der Waals surface area contributed by atoms with Crippen molar-refractivity contribution in [1.29, 1.82) is 0 Å². The Bertz CT molecular complexity index is 1150. The van der Waals surface area contributed by atoms with E-state index >= 15 is 0 Å². The largest absolute Gasteiger partial charge is 0.497 e. The highest BCUT2D eigenvalue weighted by Crippen LogP contribution is 2.39. The topological polar surface area (TPSA) is 96.2 Å². The van der Waals surface area contributed by atoms with Gasteiger partial charge < -0.3 is 28.3 Å². The number of likely N-dealkylation sites (tertiary alicyclic amines) is 1. The Labute approximate surface area is 202 Å². The minimum absolute atomic E-state index is 0.000786. The van der Waals surface area contributed by atoms with Gasteiger partial charge in [0, 0.05) is 18.2 Å². The van der Waals surface area contributed by atoms with Gasteiger partial charge in [-0.25, -0.2) is 0 Å². The number of rotatable bonds is 9. The molecule has 1 aromatic heterocycles. The highest BCUT2D eigenvalue weighted by molar-refractivity contribution is 7.99. The van der Waals surface area contributed by atoms with Gasteiger partial charge in [0.25, 0.3) is 11.1 Å². The van der Waals surface area contributed by atoms with Gasteiger partial charge in [0.15, 0.2) is 0 Å². The first-order chi connectivity index (χ1) is 16.6. The fraction of sp³-hybridized carbons (Fsp3) is 0.375. The molecule has 3 aromatic rings. The quantitative estimate of drug-likeness (QED) is 0.413. The Morgan fingerprint density at radius 3 is 2.47 bits per heavy atom. The zero-order valence-electron chi connectivity index (χ0n) is 19.6. The molecular formula is C24H27N3O6S. The summed E-state index contributed by atoms with van der Waals surface area (Å²) >= 11 is 1.21. The molecule has 1 saturated heterocycles. The van der Waals surface area contributed by atoms with Crippen LogP contribution in [0.5, 0.6) is 23.0 Å². The minimum atomic E-state index is -0.0695. The molecule has 10 heteroatoms. The van der Waals surface area contributed by atoms with Crippen molar-refractivity contribution in [3.8, 4) is 34.5 Å². The van der Waals surface area contributed by atoms with Crippen molar-refractivity contribution in [3.63, 3.8) is 0 Å². The summed E-state index contributed by atoms with van der Waals surface area (Å²) in [4.78, 5) is 15.0. The van der Waals surface area contributed by atoms with Crippen molar-refractivity contribution in [1.82, 2.24) is 15.1 Å². The molecule has 0 saturated carbocycles. The molecule has 0 radical (unpaired) electrons. The number of nitrogens with zero attached hydrogens (tertiary/aromatic N) is 3. The van der Waals surface area contributed by atoms with Crippen LogP contribution >= 0.6 is 11.8 Å². The first kappa shape index (κ1) is 23.7. The lowest BCUT2D eigenvalue weighted by atomic mass is 10.0. The second-order valence-corrected chi connectivity index (χ2v) is 8.51. The lowest BCUT2D eigenvalue weighted by molar-refractivity contribution is -0.129. The zero-order chi connectivity index (χ0) is 24.1. The van der Waals surface area contributed by atoms with Gasteiger partial charge in [0.1, 0.15) is 23.0 Å².